The molecule has 0 saturated carbocycles. The van der Waals surface area contributed by atoms with Crippen LogP contribution in [0, 0.1) is 5.92 Å². The number of rotatable bonds is 9. The zero-order valence-electron chi connectivity index (χ0n) is 20.6. The number of nitrogens with one attached hydrogen (secondary N) is 2. The molecule has 14 heteroatoms. The number of benzene rings is 2. The lowest BCUT2D eigenvalue weighted by molar-refractivity contribution is -0.118. The van der Waals surface area contributed by atoms with Gasteiger partial charge in [0.2, 0.25) is 26.0 Å². The Kier molecular flexibility index (Phi) is 8.92. The predicted molar refractivity (Wildman–Crippen MR) is 135 cm³/mol. The summed E-state index contributed by atoms with van der Waals surface area (Å²) in [7, 11) is -6.66. The first-order valence-corrected chi connectivity index (χ1v) is 14.3. The number of ether oxygens (including phenoxy) is 2. The van der Waals surface area contributed by atoms with Crippen molar-refractivity contribution in [1.82, 2.24) is 9.62 Å². The minimum absolute atomic E-state index is 0.0149. The molecule has 0 unspecified atom stereocenters. The standard InChI is InChI=1S/C23H30N4O8S2/c1-15(2)21(23(29)25-17-7-8-19(34-3)20(14-17)36(24,30)31)26-22(28)16-5-4-6-18(13-16)37(32,33)27-9-11-35-12-10-27/h4-8,13-15,21H,9-12H2,1-3H3,(H,25,29)(H,26,28)(H2,24,30,31)/t21-/m0/s1. The maximum Gasteiger partial charge on any atom is 0.251 e. The molecule has 1 fully saturated rings. The van der Waals surface area contributed by atoms with Crippen molar-refractivity contribution < 1.29 is 35.9 Å². The summed E-state index contributed by atoms with van der Waals surface area (Å²) in [6.07, 6.45) is 0. The van der Waals surface area contributed by atoms with Gasteiger partial charge in [-0.3, -0.25) is 9.59 Å². The van der Waals surface area contributed by atoms with Crippen molar-refractivity contribution in [2.24, 2.45) is 11.1 Å². The molecule has 2 aromatic rings. The summed E-state index contributed by atoms with van der Waals surface area (Å²) in [5, 5.41) is 10.4. The molecule has 4 N–H and O–H groups in total. The van der Waals surface area contributed by atoms with E-state index in [0.717, 1.165) is 6.07 Å². The monoisotopic (exact) mass is 554 g/mol. The van der Waals surface area contributed by atoms with Gasteiger partial charge in [0, 0.05) is 24.3 Å². The molecule has 0 bridgehead atoms. The number of primary sulfonamides is 1. The Hall–Kier alpha value is -3.04. The maximum absolute atomic E-state index is 13.0. The van der Waals surface area contributed by atoms with Crippen LogP contribution in [-0.4, -0.2) is 72.4 Å². The van der Waals surface area contributed by atoms with Crippen molar-refractivity contribution in [3.63, 3.8) is 0 Å². The van der Waals surface area contributed by atoms with Crippen molar-refractivity contribution in [2.75, 3.05) is 38.7 Å². The van der Waals surface area contributed by atoms with Gasteiger partial charge >= 0.3 is 0 Å². The second kappa shape index (κ2) is 11.6. The number of morpholine rings is 1. The lowest BCUT2D eigenvalue weighted by Crippen LogP contribution is -2.47. The Balaban J connectivity index is 1.79. The number of amides is 2. The second-order valence-electron chi connectivity index (χ2n) is 8.64. The zero-order chi connectivity index (χ0) is 27.4. The molecule has 2 amide bonds. The number of hydrogen-bond donors (Lipinski definition) is 3. The van der Waals surface area contributed by atoms with Gasteiger partial charge in [-0.05, 0) is 42.3 Å². The smallest absolute Gasteiger partial charge is 0.251 e. The summed E-state index contributed by atoms with van der Waals surface area (Å²) < 4.78 is 61.2. The van der Waals surface area contributed by atoms with Crippen LogP contribution in [-0.2, 0) is 29.6 Å². The van der Waals surface area contributed by atoms with E-state index in [4.69, 9.17) is 14.6 Å². The molecular formula is C23H30N4O8S2. The number of carbonyl (C=O) groups is 2. The molecule has 0 aromatic heterocycles. The Morgan fingerprint density at radius 1 is 1.05 bits per heavy atom. The van der Waals surface area contributed by atoms with Gasteiger partial charge in [-0.2, -0.15) is 4.31 Å². The van der Waals surface area contributed by atoms with Crippen molar-refractivity contribution in [3.8, 4) is 5.75 Å². The van der Waals surface area contributed by atoms with Gasteiger partial charge in [-0.15, -0.1) is 0 Å². The van der Waals surface area contributed by atoms with E-state index in [0.29, 0.717) is 0 Å². The van der Waals surface area contributed by atoms with Crippen LogP contribution < -0.4 is 20.5 Å². The number of nitrogens with zero attached hydrogens (tertiary/aromatic N) is 1. The predicted octanol–water partition coefficient (Wildman–Crippen LogP) is 0.757. The third-order valence-corrected chi connectivity index (χ3v) is 8.50. The summed E-state index contributed by atoms with van der Waals surface area (Å²) in [6.45, 7) is 4.44. The first-order chi connectivity index (χ1) is 17.3. The SMILES string of the molecule is COc1ccc(NC(=O)[C@@H](NC(=O)c2cccc(S(=O)(=O)N3CCOCC3)c2)C(C)C)cc1S(N)(=O)=O. The minimum atomic E-state index is -4.13. The molecule has 0 aliphatic carbocycles. The van der Waals surface area contributed by atoms with Gasteiger partial charge in [0.15, 0.2) is 0 Å². The Labute approximate surface area is 216 Å². The van der Waals surface area contributed by atoms with E-state index >= 15 is 0 Å². The average molecular weight is 555 g/mol. The van der Waals surface area contributed by atoms with Crippen LogP contribution in [0.25, 0.3) is 0 Å². The van der Waals surface area contributed by atoms with Crippen LogP contribution in [0.5, 0.6) is 5.75 Å². The lowest BCUT2D eigenvalue weighted by atomic mass is 10.0. The highest BCUT2D eigenvalue weighted by Crippen LogP contribution is 2.26. The van der Waals surface area contributed by atoms with Crippen molar-refractivity contribution in [3.05, 3.63) is 48.0 Å². The molecule has 0 spiro atoms. The number of sulfonamides is 2. The lowest BCUT2D eigenvalue weighted by Gasteiger charge is -2.26. The van der Waals surface area contributed by atoms with Gasteiger partial charge in [0.25, 0.3) is 5.91 Å². The molecule has 3 rings (SSSR count). The second-order valence-corrected chi connectivity index (χ2v) is 12.1. The Morgan fingerprint density at radius 3 is 2.32 bits per heavy atom. The molecule has 0 radical (unpaired) electrons. The first kappa shape index (κ1) is 28.5. The van der Waals surface area contributed by atoms with Crippen LogP contribution >= 0.6 is 0 Å². The van der Waals surface area contributed by atoms with E-state index in [1.165, 1.54) is 47.8 Å². The largest absolute Gasteiger partial charge is 0.495 e. The zero-order valence-corrected chi connectivity index (χ0v) is 22.3. The summed E-state index contributed by atoms with van der Waals surface area (Å²) in [6, 6.07) is 8.49. The number of anilines is 1. The average Bonchev–Trinajstić information content (AvgIpc) is 2.86. The van der Waals surface area contributed by atoms with E-state index in [1.54, 1.807) is 13.8 Å². The third-order valence-electron chi connectivity index (χ3n) is 5.68. The molecule has 1 heterocycles. The molecule has 12 nitrogen and oxygen atoms in total. The Morgan fingerprint density at radius 2 is 1.73 bits per heavy atom. The first-order valence-electron chi connectivity index (χ1n) is 11.3. The number of nitrogens with two attached hydrogens (primary N) is 1. The summed E-state index contributed by atoms with van der Waals surface area (Å²) in [5.74, 6) is -1.60. The topological polar surface area (TPSA) is 174 Å². The highest BCUT2D eigenvalue weighted by Gasteiger charge is 2.29. The summed E-state index contributed by atoms with van der Waals surface area (Å²) in [5.41, 5.74) is 0.196. The molecule has 37 heavy (non-hydrogen) atoms. The van der Waals surface area contributed by atoms with Gasteiger partial charge in [0.05, 0.1) is 25.2 Å². The maximum atomic E-state index is 13.0. The fourth-order valence-electron chi connectivity index (χ4n) is 3.69. The fraction of sp³-hybridized carbons (Fsp3) is 0.391. The molecule has 1 aliphatic rings. The van der Waals surface area contributed by atoms with E-state index in [2.05, 4.69) is 10.6 Å². The van der Waals surface area contributed by atoms with E-state index in [9.17, 15) is 26.4 Å². The Bertz CT molecular complexity index is 1370. The van der Waals surface area contributed by atoms with E-state index < -0.39 is 37.9 Å². The van der Waals surface area contributed by atoms with E-state index in [1.807, 2.05) is 0 Å². The number of hydrogen-bond acceptors (Lipinski definition) is 8. The van der Waals surface area contributed by atoms with Crippen molar-refractivity contribution in [1.29, 1.82) is 0 Å². The van der Waals surface area contributed by atoms with Crippen molar-refractivity contribution >= 4 is 37.5 Å². The molecule has 1 aliphatic heterocycles. The summed E-state index contributed by atoms with van der Waals surface area (Å²) >= 11 is 0. The highest BCUT2D eigenvalue weighted by atomic mass is 32.2. The minimum Gasteiger partial charge on any atom is -0.495 e. The van der Waals surface area contributed by atoms with Gasteiger partial charge in [0.1, 0.15) is 16.7 Å². The summed E-state index contributed by atoms with van der Waals surface area (Å²) in [4.78, 5) is 25.7. The molecule has 2 aromatic carbocycles. The van der Waals surface area contributed by atoms with E-state index in [-0.39, 0.29) is 59.0 Å². The molecular weight excluding hydrogens is 524 g/mol. The van der Waals surface area contributed by atoms with Gasteiger partial charge in [-0.25, -0.2) is 22.0 Å². The van der Waals surface area contributed by atoms with Crippen LogP contribution in [0.1, 0.15) is 24.2 Å². The number of methoxy groups -OCH3 is 1. The molecule has 202 valence electrons. The quantitative estimate of drug-likeness (QED) is 0.407. The fourth-order valence-corrected chi connectivity index (χ4v) is 5.87. The van der Waals surface area contributed by atoms with Gasteiger partial charge < -0.3 is 20.1 Å². The van der Waals surface area contributed by atoms with Crippen LogP contribution in [0.2, 0.25) is 0 Å². The molecule has 1 atom stereocenters. The third kappa shape index (κ3) is 6.84. The van der Waals surface area contributed by atoms with Gasteiger partial charge in [-0.1, -0.05) is 19.9 Å². The van der Waals surface area contributed by atoms with Crippen LogP contribution in [0.15, 0.2) is 52.3 Å². The van der Waals surface area contributed by atoms with Crippen LogP contribution in [0.4, 0.5) is 5.69 Å². The molecule has 1 saturated heterocycles. The highest BCUT2D eigenvalue weighted by molar-refractivity contribution is 7.89. The van der Waals surface area contributed by atoms with Crippen LogP contribution in [0.3, 0.4) is 0 Å². The van der Waals surface area contributed by atoms with Crippen molar-refractivity contribution in [2.45, 2.75) is 29.7 Å². The number of carbonyl (C=O) groups excluding carboxylic acids is 2. The normalized spacial score (nSPS) is 15.7.